The van der Waals surface area contributed by atoms with E-state index in [0.717, 1.165) is 16.2 Å². The summed E-state index contributed by atoms with van der Waals surface area (Å²) in [6.07, 6.45) is 0. The smallest absolute Gasteiger partial charge is 0.277 e. The van der Waals surface area contributed by atoms with E-state index >= 15 is 0 Å². The normalized spacial score (nSPS) is 10.3. The van der Waals surface area contributed by atoms with Gasteiger partial charge in [-0.1, -0.05) is 30.3 Å². The zero-order chi connectivity index (χ0) is 22.2. The first-order valence-electron chi connectivity index (χ1n) is 9.30. The maximum Gasteiger partial charge on any atom is 0.277 e. The average Bonchev–Trinajstić information content (AvgIpc) is 2.83. The molecule has 1 heterocycles. The zero-order valence-corrected chi connectivity index (χ0v) is 18.2. The SMILES string of the molecule is COc1ccc(SN(Cc2ccccc2)c2c(C(=O)NO)cc(OC)nc2OC)cc1. The predicted molar refractivity (Wildman–Crippen MR) is 118 cm³/mol. The minimum Gasteiger partial charge on any atom is -0.497 e. The second-order valence-corrected chi connectivity index (χ2v) is 7.39. The fourth-order valence-electron chi connectivity index (χ4n) is 2.88. The number of amides is 1. The van der Waals surface area contributed by atoms with Gasteiger partial charge < -0.3 is 18.5 Å². The van der Waals surface area contributed by atoms with Crippen LogP contribution < -0.4 is 24.0 Å². The molecule has 2 N–H and O–H groups in total. The van der Waals surface area contributed by atoms with Crippen LogP contribution in [-0.2, 0) is 6.54 Å². The molecule has 0 atom stereocenters. The Labute approximate surface area is 184 Å². The van der Waals surface area contributed by atoms with Gasteiger partial charge in [-0.2, -0.15) is 4.98 Å². The summed E-state index contributed by atoms with van der Waals surface area (Å²) >= 11 is 1.40. The van der Waals surface area contributed by atoms with E-state index in [1.165, 1.54) is 32.2 Å². The van der Waals surface area contributed by atoms with Crippen molar-refractivity contribution in [2.45, 2.75) is 11.4 Å². The van der Waals surface area contributed by atoms with Gasteiger partial charge in [-0.15, -0.1) is 0 Å². The van der Waals surface area contributed by atoms with Crippen molar-refractivity contribution < 1.29 is 24.2 Å². The molecule has 8 nitrogen and oxygen atoms in total. The Morgan fingerprint density at radius 2 is 1.74 bits per heavy atom. The van der Waals surface area contributed by atoms with Crippen molar-refractivity contribution in [3.05, 3.63) is 71.8 Å². The molecule has 0 unspecified atom stereocenters. The van der Waals surface area contributed by atoms with E-state index in [4.69, 9.17) is 14.2 Å². The lowest BCUT2D eigenvalue weighted by atomic mass is 10.1. The van der Waals surface area contributed by atoms with E-state index in [9.17, 15) is 10.0 Å². The van der Waals surface area contributed by atoms with Crippen molar-refractivity contribution >= 4 is 23.5 Å². The molecule has 3 rings (SSSR count). The summed E-state index contributed by atoms with van der Waals surface area (Å²) in [6, 6.07) is 18.8. The number of carbonyl (C=O) groups is 1. The van der Waals surface area contributed by atoms with Gasteiger partial charge in [-0.3, -0.25) is 10.0 Å². The van der Waals surface area contributed by atoms with Gasteiger partial charge in [0.25, 0.3) is 5.91 Å². The predicted octanol–water partition coefficient (Wildman–Crippen LogP) is 3.94. The molecule has 2 aromatic carbocycles. The van der Waals surface area contributed by atoms with Crippen LogP contribution in [0.4, 0.5) is 5.69 Å². The topological polar surface area (TPSA) is 93.2 Å². The van der Waals surface area contributed by atoms with Gasteiger partial charge in [-0.05, 0) is 41.8 Å². The minimum atomic E-state index is -0.706. The quantitative estimate of drug-likeness (QED) is 0.293. The van der Waals surface area contributed by atoms with E-state index in [1.54, 1.807) is 12.6 Å². The van der Waals surface area contributed by atoms with Crippen molar-refractivity contribution in [3.8, 4) is 17.5 Å². The van der Waals surface area contributed by atoms with Gasteiger partial charge in [-0.25, -0.2) is 5.48 Å². The molecule has 9 heteroatoms. The van der Waals surface area contributed by atoms with Gasteiger partial charge in [0, 0.05) is 11.0 Å². The fourth-order valence-corrected chi connectivity index (χ4v) is 3.88. The number of aromatic nitrogens is 1. The number of benzene rings is 2. The van der Waals surface area contributed by atoms with E-state index in [1.807, 2.05) is 58.9 Å². The Morgan fingerprint density at radius 3 is 2.32 bits per heavy atom. The molecule has 0 saturated carbocycles. The van der Waals surface area contributed by atoms with Crippen LogP contribution in [0.25, 0.3) is 0 Å². The highest BCUT2D eigenvalue weighted by Crippen LogP contribution is 2.40. The first-order chi connectivity index (χ1) is 15.1. The summed E-state index contributed by atoms with van der Waals surface area (Å²) in [4.78, 5) is 17.8. The molecular formula is C22H23N3O5S. The molecule has 3 aromatic rings. The standard InChI is InChI=1S/C22H23N3O5S/c1-28-16-9-11-17(12-10-16)31-25(14-15-7-5-4-6-8-15)20-18(21(26)24-27)13-19(29-2)23-22(20)30-3/h4-13,27H,14H2,1-3H3,(H,24,26). The molecule has 0 aliphatic heterocycles. The third-order valence-corrected chi connectivity index (χ3v) is 5.39. The summed E-state index contributed by atoms with van der Waals surface area (Å²) in [5.41, 5.74) is 3.26. The number of nitrogens with zero attached hydrogens (tertiary/aromatic N) is 2. The molecule has 0 saturated heterocycles. The Morgan fingerprint density at radius 1 is 1.03 bits per heavy atom. The van der Waals surface area contributed by atoms with Crippen LogP contribution in [0.1, 0.15) is 15.9 Å². The van der Waals surface area contributed by atoms with E-state index < -0.39 is 5.91 Å². The Hall–Kier alpha value is -3.43. The Bertz CT molecular complexity index is 1020. The highest BCUT2D eigenvalue weighted by Gasteiger charge is 2.25. The number of hydrogen-bond acceptors (Lipinski definition) is 8. The Balaban J connectivity index is 2.11. The molecular weight excluding hydrogens is 418 g/mol. The molecule has 0 aliphatic carbocycles. The molecule has 1 aromatic heterocycles. The van der Waals surface area contributed by atoms with Crippen LogP contribution in [0.2, 0.25) is 0 Å². The van der Waals surface area contributed by atoms with Crippen LogP contribution in [0.5, 0.6) is 17.5 Å². The average molecular weight is 442 g/mol. The number of anilines is 1. The number of hydrogen-bond donors (Lipinski definition) is 2. The molecule has 0 radical (unpaired) electrons. The zero-order valence-electron chi connectivity index (χ0n) is 17.4. The highest BCUT2D eigenvalue weighted by molar-refractivity contribution is 8.00. The number of hydroxylamine groups is 1. The van der Waals surface area contributed by atoms with Gasteiger partial charge in [0.1, 0.15) is 11.4 Å². The van der Waals surface area contributed by atoms with Crippen LogP contribution in [0, 0.1) is 0 Å². The van der Waals surface area contributed by atoms with Gasteiger partial charge >= 0.3 is 0 Å². The van der Waals surface area contributed by atoms with E-state index in [2.05, 4.69) is 4.98 Å². The van der Waals surface area contributed by atoms with Crippen molar-refractivity contribution in [2.75, 3.05) is 25.6 Å². The maximum atomic E-state index is 12.5. The van der Waals surface area contributed by atoms with Crippen LogP contribution >= 0.6 is 11.9 Å². The number of pyridine rings is 1. The number of carbonyl (C=O) groups excluding carboxylic acids is 1. The van der Waals surface area contributed by atoms with Crippen LogP contribution in [-0.4, -0.2) is 37.4 Å². The molecule has 0 bridgehead atoms. The number of methoxy groups -OCH3 is 3. The second-order valence-electron chi connectivity index (χ2n) is 6.30. The van der Waals surface area contributed by atoms with Crippen LogP contribution in [0.15, 0.2) is 65.6 Å². The van der Waals surface area contributed by atoms with Crippen molar-refractivity contribution in [1.29, 1.82) is 0 Å². The second kappa shape index (κ2) is 10.6. The van der Waals surface area contributed by atoms with Crippen LogP contribution in [0.3, 0.4) is 0 Å². The molecule has 0 spiro atoms. The first-order valence-corrected chi connectivity index (χ1v) is 10.1. The lowest BCUT2D eigenvalue weighted by Gasteiger charge is -2.27. The van der Waals surface area contributed by atoms with Crippen molar-refractivity contribution in [3.63, 3.8) is 0 Å². The first kappa shape index (κ1) is 22.3. The monoisotopic (exact) mass is 441 g/mol. The third kappa shape index (κ3) is 5.39. The summed E-state index contributed by atoms with van der Waals surface area (Å²) in [5, 5.41) is 9.32. The lowest BCUT2D eigenvalue weighted by molar-refractivity contribution is 0.0706. The fraction of sp³-hybridized carbons (Fsp3) is 0.182. The Kier molecular flexibility index (Phi) is 7.58. The molecule has 0 aliphatic rings. The van der Waals surface area contributed by atoms with Gasteiger partial charge in [0.2, 0.25) is 11.8 Å². The molecule has 162 valence electrons. The van der Waals surface area contributed by atoms with Crippen molar-refractivity contribution in [1.82, 2.24) is 10.5 Å². The van der Waals surface area contributed by atoms with Gasteiger partial charge in [0.15, 0.2) is 0 Å². The maximum absolute atomic E-state index is 12.5. The lowest BCUT2D eigenvalue weighted by Crippen LogP contribution is -2.24. The van der Waals surface area contributed by atoms with Crippen molar-refractivity contribution in [2.24, 2.45) is 0 Å². The number of ether oxygens (including phenoxy) is 3. The summed E-state index contributed by atoms with van der Waals surface area (Å²) in [7, 11) is 4.51. The molecule has 0 fully saturated rings. The summed E-state index contributed by atoms with van der Waals surface area (Å²) in [5.74, 6) is 0.411. The largest absolute Gasteiger partial charge is 0.497 e. The number of nitrogens with one attached hydrogen (secondary N) is 1. The van der Waals surface area contributed by atoms with E-state index in [0.29, 0.717) is 12.2 Å². The minimum absolute atomic E-state index is 0.156. The highest BCUT2D eigenvalue weighted by atomic mass is 32.2. The summed E-state index contributed by atoms with van der Waals surface area (Å²) in [6.45, 7) is 0.438. The third-order valence-electron chi connectivity index (χ3n) is 4.38. The summed E-state index contributed by atoms with van der Waals surface area (Å²) < 4.78 is 17.8. The molecule has 1 amide bonds. The molecule has 31 heavy (non-hydrogen) atoms. The number of rotatable bonds is 9. The van der Waals surface area contributed by atoms with Gasteiger partial charge in [0.05, 0.1) is 33.4 Å². The van der Waals surface area contributed by atoms with E-state index in [-0.39, 0.29) is 17.3 Å².